The Morgan fingerprint density at radius 3 is 1.93 bits per heavy atom. The van der Waals surface area contributed by atoms with E-state index in [0.29, 0.717) is 39.5 Å². The quantitative estimate of drug-likeness (QED) is 0.189. The molecule has 1 fully saturated rings. The molecule has 0 aliphatic carbocycles. The molecule has 1 saturated heterocycles. The Balaban J connectivity index is 1.94. The molecule has 0 aromatic rings. The normalized spacial score (nSPS) is 28.4. The SMILES string of the molecule is O=C(O)CCCOCCOCCOCCO[C@@H]1O[C@H](CO)[C@@H](O)[C@H](O)[C@H]1O. The van der Waals surface area contributed by atoms with Crippen LogP contribution in [0.4, 0.5) is 0 Å². The lowest BCUT2D eigenvalue weighted by molar-refractivity contribution is -0.302. The van der Waals surface area contributed by atoms with Crippen LogP contribution in [0.5, 0.6) is 0 Å². The molecular weight excluding hydrogens is 368 g/mol. The van der Waals surface area contributed by atoms with E-state index >= 15 is 0 Å². The van der Waals surface area contributed by atoms with E-state index in [1.807, 2.05) is 0 Å². The van der Waals surface area contributed by atoms with E-state index in [4.69, 9.17) is 33.9 Å². The lowest BCUT2D eigenvalue weighted by Gasteiger charge is -2.39. The maximum atomic E-state index is 10.3. The Bertz CT molecular complexity index is 393. The van der Waals surface area contributed by atoms with E-state index in [2.05, 4.69) is 0 Å². The number of carboxylic acids is 1. The molecule has 160 valence electrons. The second-order valence-electron chi connectivity index (χ2n) is 5.90. The number of hydrogen-bond donors (Lipinski definition) is 5. The van der Waals surface area contributed by atoms with Gasteiger partial charge in [0.2, 0.25) is 0 Å². The lowest BCUT2D eigenvalue weighted by Crippen LogP contribution is -2.59. The Morgan fingerprint density at radius 1 is 0.815 bits per heavy atom. The topological polar surface area (TPSA) is 164 Å². The standard InChI is InChI=1S/C16H30O11/c17-10-11-13(20)14(21)15(22)16(27-11)26-9-8-25-7-6-24-5-4-23-3-1-2-12(18)19/h11,13-17,20-22H,1-10H2,(H,18,19)/t11-,13-,14+,15-,16-/m1/s1. The highest BCUT2D eigenvalue weighted by molar-refractivity contribution is 5.66. The molecule has 11 nitrogen and oxygen atoms in total. The third kappa shape index (κ3) is 9.74. The fourth-order valence-electron chi connectivity index (χ4n) is 2.30. The highest BCUT2D eigenvalue weighted by atomic mass is 16.7. The average molecular weight is 398 g/mol. The maximum Gasteiger partial charge on any atom is 0.303 e. The maximum absolute atomic E-state index is 10.3. The van der Waals surface area contributed by atoms with Gasteiger partial charge < -0.3 is 49.2 Å². The van der Waals surface area contributed by atoms with E-state index in [0.717, 1.165) is 0 Å². The first kappa shape index (κ1) is 24.1. The van der Waals surface area contributed by atoms with Crippen LogP contribution >= 0.6 is 0 Å². The third-order valence-corrected chi connectivity index (χ3v) is 3.78. The summed E-state index contributed by atoms with van der Waals surface area (Å²) in [6, 6.07) is 0. The predicted octanol–water partition coefficient (Wildman–Crippen LogP) is -2.28. The summed E-state index contributed by atoms with van der Waals surface area (Å²) in [6.07, 6.45) is -5.94. The van der Waals surface area contributed by atoms with Crippen LogP contribution in [-0.2, 0) is 28.5 Å². The number of ether oxygens (including phenoxy) is 5. The van der Waals surface area contributed by atoms with Crippen LogP contribution < -0.4 is 0 Å². The van der Waals surface area contributed by atoms with Crippen molar-refractivity contribution in [3.05, 3.63) is 0 Å². The van der Waals surface area contributed by atoms with Gasteiger partial charge in [-0.25, -0.2) is 0 Å². The van der Waals surface area contributed by atoms with Gasteiger partial charge in [-0.1, -0.05) is 0 Å². The van der Waals surface area contributed by atoms with Crippen LogP contribution in [0.25, 0.3) is 0 Å². The summed E-state index contributed by atoms with van der Waals surface area (Å²) in [6.45, 7) is 1.55. The zero-order chi connectivity index (χ0) is 20.1. The highest BCUT2D eigenvalue weighted by Gasteiger charge is 2.43. The van der Waals surface area contributed by atoms with Crippen LogP contribution in [0.15, 0.2) is 0 Å². The van der Waals surface area contributed by atoms with Crippen molar-refractivity contribution < 1.29 is 54.0 Å². The molecule has 27 heavy (non-hydrogen) atoms. The van der Waals surface area contributed by atoms with Gasteiger partial charge in [0.25, 0.3) is 0 Å². The van der Waals surface area contributed by atoms with Crippen molar-refractivity contribution in [3.8, 4) is 0 Å². The summed E-state index contributed by atoms with van der Waals surface area (Å²) in [7, 11) is 0. The Hall–Kier alpha value is -0.890. The molecule has 0 saturated carbocycles. The molecule has 0 bridgehead atoms. The van der Waals surface area contributed by atoms with E-state index in [1.54, 1.807) is 0 Å². The van der Waals surface area contributed by atoms with Gasteiger partial charge in [0.15, 0.2) is 6.29 Å². The molecule has 1 heterocycles. The summed E-state index contributed by atoms with van der Waals surface area (Å²) < 4.78 is 26.2. The third-order valence-electron chi connectivity index (χ3n) is 3.78. The number of carboxylic acid groups (broad SMARTS) is 1. The van der Waals surface area contributed by atoms with Crippen LogP contribution in [0.3, 0.4) is 0 Å². The van der Waals surface area contributed by atoms with Crippen LogP contribution in [0.2, 0.25) is 0 Å². The first-order valence-electron chi connectivity index (χ1n) is 8.84. The summed E-state index contributed by atoms with van der Waals surface area (Å²) in [5.74, 6) is -0.845. The molecule has 0 amide bonds. The lowest BCUT2D eigenvalue weighted by atomic mass is 9.99. The van der Waals surface area contributed by atoms with Gasteiger partial charge in [0, 0.05) is 13.0 Å². The van der Waals surface area contributed by atoms with Crippen molar-refractivity contribution in [2.45, 2.75) is 43.5 Å². The van der Waals surface area contributed by atoms with Crippen molar-refractivity contribution in [3.63, 3.8) is 0 Å². The zero-order valence-electron chi connectivity index (χ0n) is 15.1. The van der Waals surface area contributed by atoms with Gasteiger partial charge in [-0.2, -0.15) is 0 Å². The fourth-order valence-corrected chi connectivity index (χ4v) is 2.30. The molecule has 0 aromatic heterocycles. The van der Waals surface area contributed by atoms with Gasteiger partial charge in [-0.15, -0.1) is 0 Å². The van der Waals surface area contributed by atoms with Crippen LogP contribution in [-0.4, -0.2) is 115 Å². The highest BCUT2D eigenvalue weighted by Crippen LogP contribution is 2.21. The van der Waals surface area contributed by atoms with Gasteiger partial charge in [-0.3, -0.25) is 4.79 Å². The summed E-state index contributed by atoms with van der Waals surface area (Å²) in [5.41, 5.74) is 0. The average Bonchev–Trinajstić information content (AvgIpc) is 2.65. The molecule has 0 aromatic carbocycles. The van der Waals surface area contributed by atoms with Crippen molar-refractivity contribution in [1.82, 2.24) is 0 Å². The smallest absolute Gasteiger partial charge is 0.303 e. The van der Waals surface area contributed by atoms with Crippen LogP contribution in [0.1, 0.15) is 12.8 Å². The molecule has 5 atom stereocenters. The van der Waals surface area contributed by atoms with Gasteiger partial charge >= 0.3 is 5.97 Å². The number of carbonyl (C=O) groups is 1. The molecule has 11 heteroatoms. The second kappa shape index (κ2) is 14.2. The largest absolute Gasteiger partial charge is 0.481 e. The molecular formula is C16H30O11. The van der Waals surface area contributed by atoms with Crippen LogP contribution in [0, 0.1) is 0 Å². The van der Waals surface area contributed by atoms with Gasteiger partial charge in [-0.05, 0) is 6.42 Å². The molecule has 1 rings (SSSR count). The molecule has 0 spiro atoms. The van der Waals surface area contributed by atoms with Gasteiger partial charge in [0.1, 0.15) is 24.4 Å². The summed E-state index contributed by atoms with van der Waals surface area (Å²) >= 11 is 0. The Labute approximate surface area is 157 Å². The van der Waals surface area contributed by atoms with Crippen molar-refractivity contribution in [2.24, 2.45) is 0 Å². The first-order valence-corrected chi connectivity index (χ1v) is 8.84. The predicted molar refractivity (Wildman–Crippen MR) is 89.0 cm³/mol. The summed E-state index contributed by atoms with van der Waals surface area (Å²) in [4.78, 5) is 10.3. The minimum Gasteiger partial charge on any atom is -0.481 e. The first-order chi connectivity index (χ1) is 13.0. The minimum absolute atomic E-state index is 0.0787. The van der Waals surface area contributed by atoms with E-state index in [1.165, 1.54) is 0 Å². The molecule has 5 N–H and O–H groups in total. The number of aliphatic hydroxyl groups is 4. The molecule has 1 aliphatic heterocycles. The van der Waals surface area contributed by atoms with Gasteiger partial charge in [0.05, 0.1) is 46.2 Å². The van der Waals surface area contributed by atoms with Crippen molar-refractivity contribution in [1.29, 1.82) is 0 Å². The number of aliphatic hydroxyl groups excluding tert-OH is 4. The van der Waals surface area contributed by atoms with E-state index in [-0.39, 0.29) is 19.6 Å². The molecule has 0 unspecified atom stereocenters. The number of hydrogen-bond acceptors (Lipinski definition) is 10. The minimum atomic E-state index is -1.47. The van der Waals surface area contributed by atoms with Crippen molar-refractivity contribution in [2.75, 3.05) is 52.9 Å². The van der Waals surface area contributed by atoms with Crippen molar-refractivity contribution >= 4 is 5.97 Å². The van der Waals surface area contributed by atoms with E-state index in [9.17, 15) is 20.1 Å². The fraction of sp³-hybridized carbons (Fsp3) is 0.938. The molecule has 1 aliphatic rings. The Kier molecular flexibility index (Phi) is 12.7. The number of aliphatic carboxylic acids is 1. The number of rotatable bonds is 15. The second-order valence-corrected chi connectivity index (χ2v) is 5.90. The summed E-state index contributed by atoms with van der Waals surface area (Å²) in [5, 5.41) is 46.6. The zero-order valence-corrected chi connectivity index (χ0v) is 15.1. The Morgan fingerprint density at radius 2 is 1.37 bits per heavy atom. The monoisotopic (exact) mass is 398 g/mol. The van der Waals surface area contributed by atoms with E-state index < -0.39 is 43.3 Å². The molecule has 0 radical (unpaired) electrons.